The highest BCUT2D eigenvalue weighted by molar-refractivity contribution is 5.86. The van der Waals surface area contributed by atoms with Gasteiger partial charge in [0.2, 0.25) is 5.91 Å². The molecule has 1 atom stereocenters. The van der Waals surface area contributed by atoms with Crippen molar-refractivity contribution in [1.29, 1.82) is 0 Å². The predicted octanol–water partition coefficient (Wildman–Crippen LogP) is 3.00. The average Bonchev–Trinajstić information content (AvgIpc) is 2.97. The van der Waals surface area contributed by atoms with Crippen LogP contribution in [0.25, 0.3) is 0 Å². The summed E-state index contributed by atoms with van der Waals surface area (Å²) in [4.78, 5) is 25.5. The minimum atomic E-state index is -0.385. The first-order valence-corrected chi connectivity index (χ1v) is 7.84. The van der Waals surface area contributed by atoms with Crippen LogP contribution in [0, 0.1) is 5.92 Å². The highest BCUT2D eigenvalue weighted by Gasteiger charge is 2.35. The third-order valence-electron chi connectivity index (χ3n) is 4.05. The highest BCUT2D eigenvalue weighted by Crippen LogP contribution is 2.28. The number of ether oxygens (including phenoxy) is 2. The molecule has 0 aliphatic carbocycles. The topological polar surface area (TPSA) is 55.8 Å². The van der Waals surface area contributed by atoms with Crippen molar-refractivity contribution in [2.24, 2.45) is 5.92 Å². The third kappa shape index (κ3) is 3.56. The van der Waals surface area contributed by atoms with Gasteiger partial charge in [-0.1, -0.05) is 36.4 Å². The molecule has 1 amide bonds. The number of esters is 1. The first-order chi connectivity index (χ1) is 11.7. The summed E-state index contributed by atoms with van der Waals surface area (Å²) in [5, 5.41) is 0. The van der Waals surface area contributed by atoms with Crippen LogP contribution in [-0.4, -0.2) is 30.4 Å². The van der Waals surface area contributed by atoms with Crippen LogP contribution in [0.2, 0.25) is 0 Å². The van der Waals surface area contributed by atoms with Gasteiger partial charge in [0.25, 0.3) is 0 Å². The number of nitrogens with zero attached hydrogens (tertiary/aromatic N) is 1. The second-order valence-electron chi connectivity index (χ2n) is 5.72. The van der Waals surface area contributed by atoms with Crippen molar-refractivity contribution >= 4 is 11.9 Å². The van der Waals surface area contributed by atoms with E-state index in [1.807, 2.05) is 54.6 Å². The number of para-hydroxylation sites is 2. The smallest absolute Gasteiger partial charge is 0.310 e. The fourth-order valence-corrected chi connectivity index (χ4v) is 2.80. The first-order valence-electron chi connectivity index (χ1n) is 7.84. The Bertz CT molecular complexity index is 729. The van der Waals surface area contributed by atoms with Crippen LogP contribution < -0.4 is 4.74 Å². The molecule has 0 radical (unpaired) electrons. The third-order valence-corrected chi connectivity index (χ3v) is 4.05. The number of benzene rings is 2. The second-order valence-corrected chi connectivity index (χ2v) is 5.72. The molecule has 5 heteroatoms. The van der Waals surface area contributed by atoms with Crippen molar-refractivity contribution < 1.29 is 19.1 Å². The zero-order valence-electron chi connectivity index (χ0n) is 13.5. The molecule has 0 bridgehead atoms. The maximum atomic E-state index is 12.2. The highest BCUT2D eigenvalue weighted by atomic mass is 16.5. The van der Waals surface area contributed by atoms with Crippen LogP contribution in [0.1, 0.15) is 12.0 Å². The minimum absolute atomic E-state index is 0.0417. The molecule has 1 unspecified atom stereocenters. The number of carbonyl (C=O) groups is 2. The van der Waals surface area contributed by atoms with Crippen molar-refractivity contribution in [2.45, 2.75) is 13.0 Å². The molecule has 1 fully saturated rings. The van der Waals surface area contributed by atoms with E-state index >= 15 is 0 Å². The van der Waals surface area contributed by atoms with Gasteiger partial charge in [-0.05, 0) is 18.2 Å². The molecule has 0 aromatic heterocycles. The van der Waals surface area contributed by atoms with Crippen LogP contribution >= 0.6 is 0 Å². The summed E-state index contributed by atoms with van der Waals surface area (Å²) < 4.78 is 10.7. The fraction of sp³-hybridized carbons (Fsp3) is 0.263. The molecule has 2 aromatic rings. The Morgan fingerprint density at radius 3 is 2.58 bits per heavy atom. The molecular formula is C19H19NO4. The lowest BCUT2D eigenvalue weighted by molar-refractivity contribution is -0.145. The molecule has 5 nitrogen and oxygen atoms in total. The second kappa shape index (κ2) is 7.17. The van der Waals surface area contributed by atoms with Gasteiger partial charge < -0.3 is 14.4 Å². The van der Waals surface area contributed by atoms with Gasteiger partial charge >= 0.3 is 5.97 Å². The lowest BCUT2D eigenvalue weighted by Crippen LogP contribution is -2.26. The summed E-state index contributed by atoms with van der Waals surface area (Å²) in [6.07, 6.45) is 0.203. The molecular weight excluding hydrogens is 306 g/mol. The van der Waals surface area contributed by atoms with E-state index in [0.717, 1.165) is 11.3 Å². The summed E-state index contributed by atoms with van der Waals surface area (Å²) in [6.45, 7) is 0.792. The number of rotatable bonds is 5. The Morgan fingerprint density at radius 2 is 1.83 bits per heavy atom. The zero-order chi connectivity index (χ0) is 16.9. The Kier molecular flexibility index (Phi) is 4.79. The molecule has 0 spiro atoms. The molecule has 24 heavy (non-hydrogen) atoms. The van der Waals surface area contributed by atoms with Gasteiger partial charge in [-0.15, -0.1) is 0 Å². The summed E-state index contributed by atoms with van der Waals surface area (Å²) in [5.41, 5.74) is 0.903. The summed E-state index contributed by atoms with van der Waals surface area (Å²) in [5.74, 6) is 0.687. The number of methoxy groups -OCH3 is 1. The first kappa shape index (κ1) is 16.1. The Morgan fingerprint density at radius 1 is 1.12 bits per heavy atom. The zero-order valence-corrected chi connectivity index (χ0v) is 13.5. The maximum Gasteiger partial charge on any atom is 0.310 e. The molecule has 1 aliphatic heterocycles. The van der Waals surface area contributed by atoms with E-state index in [0.29, 0.717) is 18.8 Å². The minimum Gasteiger partial charge on any atom is -0.469 e. The lowest BCUT2D eigenvalue weighted by atomic mass is 10.1. The van der Waals surface area contributed by atoms with E-state index < -0.39 is 0 Å². The molecule has 0 saturated carbocycles. The number of likely N-dealkylation sites (tertiary alicyclic amines) is 1. The van der Waals surface area contributed by atoms with Crippen molar-refractivity contribution in [3.05, 3.63) is 60.2 Å². The van der Waals surface area contributed by atoms with Crippen molar-refractivity contribution in [3.8, 4) is 11.5 Å². The SMILES string of the molecule is COC(=O)C1CC(=O)N(Cc2ccccc2Oc2ccccc2)C1. The molecule has 1 heterocycles. The molecule has 124 valence electrons. The Balaban J connectivity index is 1.74. The van der Waals surface area contributed by atoms with Crippen LogP contribution in [0.5, 0.6) is 11.5 Å². The quantitative estimate of drug-likeness (QED) is 0.793. The van der Waals surface area contributed by atoms with Crippen LogP contribution in [-0.2, 0) is 20.9 Å². The number of carbonyl (C=O) groups excluding carboxylic acids is 2. The molecule has 0 N–H and O–H groups in total. The van der Waals surface area contributed by atoms with E-state index in [9.17, 15) is 9.59 Å². The van der Waals surface area contributed by atoms with Gasteiger partial charge in [0.1, 0.15) is 11.5 Å². The largest absolute Gasteiger partial charge is 0.469 e. The van der Waals surface area contributed by atoms with E-state index in [4.69, 9.17) is 9.47 Å². The molecule has 1 aliphatic rings. The number of amides is 1. The monoisotopic (exact) mass is 325 g/mol. The van der Waals surface area contributed by atoms with Crippen molar-refractivity contribution in [2.75, 3.05) is 13.7 Å². The van der Waals surface area contributed by atoms with Gasteiger partial charge in [0.05, 0.1) is 13.0 Å². The van der Waals surface area contributed by atoms with Crippen LogP contribution in [0.15, 0.2) is 54.6 Å². The maximum absolute atomic E-state index is 12.2. The average molecular weight is 325 g/mol. The normalized spacial score (nSPS) is 17.0. The number of hydrogen-bond acceptors (Lipinski definition) is 4. The van der Waals surface area contributed by atoms with Crippen LogP contribution in [0.4, 0.5) is 0 Å². The summed E-state index contributed by atoms with van der Waals surface area (Å²) >= 11 is 0. The van der Waals surface area contributed by atoms with E-state index in [1.54, 1.807) is 4.90 Å². The van der Waals surface area contributed by atoms with E-state index in [-0.39, 0.29) is 24.2 Å². The lowest BCUT2D eigenvalue weighted by Gasteiger charge is -2.18. The van der Waals surface area contributed by atoms with E-state index in [2.05, 4.69) is 0 Å². The molecule has 1 saturated heterocycles. The molecule has 2 aromatic carbocycles. The standard InChI is InChI=1S/C19H19NO4/c1-23-19(22)15-11-18(21)20(13-15)12-14-7-5-6-10-17(14)24-16-8-3-2-4-9-16/h2-10,15H,11-13H2,1H3. The number of hydrogen-bond donors (Lipinski definition) is 0. The summed E-state index contributed by atoms with van der Waals surface area (Å²) in [6, 6.07) is 17.1. The fourth-order valence-electron chi connectivity index (χ4n) is 2.80. The Labute approximate surface area is 140 Å². The Hall–Kier alpha value is -2.82. The van der Waals surface area contributed by atoms with Crippen LogP contribution in [0.3, 0.4) is 0 Å². The molecule has 3 rings (SSSR count). The summed E-state index contributed by atoms with van der Waals surface area (Å²) in [7, 11) is 1.35. The van der Waals surface area contributed by atoms with E-state index in [1.165, 1.54) is 7.11 Å². The predicted molar refractivity (Wildman–Crippen MR) is 88.5 cm³/mol. The van der Waals surface area contributed by atoms with Gasteiger partial charge in [-0.25, -0.2) is 0 Å². The van der Waals surface area contributed by atoms with Gasteiger partial charge in [0.15, 0.2) is 0 Å². The van der Waals surface area contributed by atoms with Crippen molar-refractivity contribution in [3.63, 3.8) is 0 Å². The van der Waals surface area contributed by atoms with Gasteiger partial charge in [-0.3, -0.25) is 9.59 Å². The van der Waals surface area contributed by atoms with Gasteiger partial charge in [-0.2, -0.15) is 0 Å². The van der Waals surface area contributed by atoms with Gasteiger partial charge in [0, 0.05) is 25.1 Å². The van der Waals surface area contributed by atoms with Crippen molar-refractivity contribution in [1.82, 2.24) is 4.90 Å².